The Bertz CT molecular complexity index is 348. The minimum absolute atomic E-state index is 0.918. The van der Waals surface area contributed by atoms with Crippen LogP contribution >= 0.6 is 0 Å². The molecular formula is C11H9N. The molecule has 2 aliphatic rings. The van der Waals surface area contributed by atoms with Gasteiger partial charge in [0.15, 0.2) is 0 Å². The van der Waals surface area contributed by atoms with Gasteiger partial charge in [-0.25, -0.2) is 0 Å². The summed E-state index contributed by atoms with van der Waals surface area (Å²) in [4.78, 5) is 2.13. The van der Waals surface area contributed by atoms with Gasteiger partial charge in [-0.15, -0.1) is 6.42 Å². The summed E-state index contributed by atoms with van der Waals surface area (Å²) in [6.07, 6.45) is 17.5. The summed E-state index contributed by atoms with van der Waals surface area (Å²) in [6.45, 7) is 0.918. The molecule has 58 valence electrons. The second kappa shape index (κ2) is 2.75. The first-order valence-electron chi connectivity index (χ1n) is 3.91. The quantitative estimate of drug-likeness (QED) is 0.482. The van der Waals surface area contributed by atoms with E-state index in [1.165, 1.54) is 0 Å². The molecule has 0 N–H and O–H groups in total. The fraction of sp³-hybridized carbons (Fsp3) is 0.0909. The van der Waals surface area contributed by atoms with E-state index in [-0.39, 0.29) is 0 Å². The van der Waals surface area contributed by atoms with Gasteiger partial charge in [0, 0.05) is 18.3 Å². The van der Waals surface area contributed by atoms with Crippen molar-refractivity contribution in [3.63, 3.8) is 0 Å². The lowest BCUT2D eigenvalue weighted by atomic mass is 10.1. The first-order valence-corrected chi connectivity index (χ1v) is 3.91. The molecule has 0 radical (unpaired) electrons. The predicted molar refractivity (Wildman–Crippen MR) is 50.0 cm³/mol. The number of terminal acetylenes is 1. The van der Waals surface area contributed by atoms with Crippen LogP contribution in [0.25, 0.3) is 0 Å². The third-order valence-corrected chi connectivity index (χ3v) is 1.96. The van der Waals surface area contributed by atoms with Crippen LogP contribution in [0.3, 0.4) is 0 Å². The maximum Gasteiger partial charge on any atom is 0.0567 e. The average molecular weight is 155 g/mol. The van der Waals surface area contributed by atoms with E-state index in [0.29, 0.717) is 0 Å². The Morgan fingerprint density at radius 1 is 1.33 bits per heavy atom. The highest BCUT2D eigenvalue weighted by Crippen LogP contribution is 2.21. The van der Waals surface area contributed by atoms with Gasteiger partial charge in [-0.3, -0.25) is 0 Å². The van der Waals surface area contributed by atoms with Crippen molar-refractivity contribution in [1.29, 1.82) is 0 Å². The Morgan fingerprint density at radius 3 is 3.08 bits per heavy atom. The highest BCUT2D eigenvalue weighted by Gasteiger charge is 2.12. The van der Waals surface area contributed by atoms with Gasteiger partial charge in [0.1, 0.15) is 0 Å². The van der Waals surface area contributed by atoms with Crippen LogP contribution in [-0.2, 0) is 0 Å². The van der Waals surface area contributed by atoms with Gasteiger partial charge in [0.05, 0.1) is 5.70 Å². The number of nitrogens with zero attached hydrogens (tertiary/aromatic N) is 1. The molecule has 2 rings (SSSR count). The minimum Gasteiger partial charge on any atom is -0.343 e. The zero-order chi connectivity index (χ0) is 8.39. The van der Waals surface area contributed by atoms with E-state index in [4.69, 9.17) is 6.42 Å². The average Bonchev–Trinajstić information content (AvgIpc) is 2.17. The molecule has 0 aromatic rings. The van der Waals surface area contributed by atoms with Crippen LogP contribution < -0.4 is 0 Å². The summed E-state index contributed by atoms with van der Waals surface area (Å²) in [7, 11) is 0. The third kappa shape index (κ3) is 0.981. The molecule has 0 amide bonds. The van der Waals surface area contributed by atoms with Crippen LogP contribution in [0.5, 0.6) is 0 Å². The zero-order valence-electron chi connectivity index (χ0n) is 6.70. The summed E-state index contributed by atoms with van der Waals surface area (Å²) in [5.41, 5.74) is 2.09. The number of rotatable bonds is 0. The summed E-state index contributed by atoms with van der Waals surface area (Å²) < 4.78 is 0. The Morgan fingerprint density at radius 2 is 2.25 bits per heavy atom. The number of hydrogen-bond donors (Lipinski definition) is 0. The maximum atomic E-state index is 5.37. The van der Waals surface area contributed by atoms with E-state index in [1.807, 2.05) is 30.5 Å². The van der Waals surface area contributed by atoms with Crippen molar-refractivity contribution < 1.29 is 0 Å². The maximum absolute atomic E-state index is 5.37. The second-order valence-corrected chi connectivity index (χ2v) is 2.70. The van der Waals surface area contributed by atoms with Crippen molar-refractivity contribution in [2.45, 2.75) is 0 Å². The van der Waals surface area contributed by atoms with Gasteiger partial charge < -0.3 is 4.90 Å². The molecule has 2 aliphatic heterocycles. The van der Waals surface area contributed by atoms with E-state index >= 15 is 0 Å². The van der Waals surface area contributed by atoms with Crippen LogP contribution in [0.15, 0.2) is 47.9 Å². The van der Waals surface area contributed by atoms with Crippen LogP contribution in [0.2, 0.25) is 0 Å². The monoisotopic (exact) mass is 155 g/mol. The summed E-state index contributed by atoms with van der Waals surface area (Å²) in [5, 5.41) is 0. The fourth-order valence-electron chi connectivity index (χ4n) is 1.36. The van der Waals surface area contributed by atoms with E-state index in [1.54, 1.807) is 0 Å². The molecule has 0 atom stereocenters. The molecular weight excluding hydrogens is 146 g/mol. The Balaban J connectivity index is 2.43. The van der Waals surface area contributed by atoms with Crippen LogP contribution in [-0.4, -0.2) is 11.4 Å². The first-order chi connectivity index (χ1) is 5.92. The van der Waals surface area contributed by atoms with Crippen molar-refractivity contribution in [1.82, 2.24) is 4.90 Å². The molecule has 0 saturated heterocycles. The molecule has 0 fully saturated rings. The smallest absolute Gasteiger partial charge is 0.0567 e. The lowest BCUT2D eigenvalue weighted by molar-refractivity contribution is 0.518. The van der Waals surface area contributed by atoms with Crippen LogP contribution in [0.4, 0.5) is 0 Å². The van der Waals surface area contributed by atoms with Gasteiger partial charge in [-0.2, -0.15) is 0 Å². The van der Waals surface area contributed by atoms with E-state index in [2.05, 4.69) is 16.9 Å². The lowest BCUT2D eigenvalue weighted by Crippen LogP contribution is -2.21. The van der Waals surface area contributed by atoms with Crippen LogP contribution in [0, 0.1) is 12.3 Å². The second-order valence-electron chi connectivity index (χ2n) is 2.70. The van der Waals surface area contributed by atoms with Gasteiger partial charge in [0.2, 0.25) is 0 Å². The topological polar surface area (TPSA) is 3.24 Å². The largest absolute Gasteiger partial charge is 0.343 e. The molecule has 0 bridgehead atoms. The molecule has 0 spiro atoms. The van der Waals surface area contributed by atoms with Crippen molar-refractivity contribution in [3.8, 4) is 12.3 Å². The number of fused-ring (bicyclic) bond motifs is 1. The Hall–Kier alpha value is -1.68. The van der Waals surface area contributed by atoms with Crippen molar-refractivity contribution in [3.05, 3.63) is 47.9 Å². The Kier molecular flexibility index (Phi) is 1.60. The van der Waals surface area contributed by atoms with Gasteiger partial charge >= 0.3 is 0 Å². The molecule has 1 nitrogen and oxygen atoms in total. The molecule has 2 heterocycles. The van der Waals surface area contributed by atoms with Crippen molar-refractivity contribution >= 4 is 0 Å². The van der Waals surface area contributed by atoms with Gasteiger partial charge in [-0.05, 0) is 18.2 Å². The fourth-order valence-corrected chi connectivity index (χ4v) is 1.36. The van der Waals surface area contributed by atoms with Crippen LogP contribution in [0.1, 0.15) is 0 Å². The number of hydrogen-bond acceptors (Lipinski definition) is 1. The normalized spacial score (nSPS) is 19.4. The molecule has 0 aromatic carbocycles. The van der Waals surface area contributed by atoms with Crippen molar-refractivity contribution in [2.24, 2.45) is 0 Å². The summed E-state index contributed by atoms with van der Waals surface area (Å²) in [5.74, 6) is 2.67. The minimum atomic E-state index is 0.918. The molecule has 1 heteroatoms. The lowest BCUT2D eigenvalue weighted by Gasteiger charge is -2.26. The third-order valence-electron chi connectivity index (χ3n) is 1.96. The first kappa shape index (κ1) is 7.00. The summed E-state index contributed by atoms with van der Waals surface area (Å²) in [6, 6.07) is 0. The zero-order valence-corrected chi connectivity index (χ0v) is 6.70. The summed E-state index contributed by atoms with van der Waals surface area (Å²) >= 11 is 0. The van der Waals surface area contributed by atoms with E-state index in [9.17, 15) is 0 Å². The molecule has 0 saturated carbocycles. The van der Waals surface area contributed by atoms with E-state index < -0.39 is 0 Å². The van der Waals surface area contributed by atoms with Crippen molar-refractivity contribution in [2.75, 3.05) is 6.54 Å². The number of allylic oxidation sites excluding steroid dienone is 5. The molecule has 0 aliphatic carbocycles. The van der Waals surface area contributed by atoms with Gasteiger partial charge in [0.25, 0.3) is 0 Å². The SMILES string of the molecule is C#CC1=CC=CN2CC=CC=C12. The molecule has 0 unspecified atom stereocenters. The standard InChI is InChI=1S/C11H9N/c1-2-10-6-5-9-12-8-4-3-7-11(10)12/h1,3-7,9H,8H2. The highest BCUT2D eigenvalue weighted by atomic mass is 15.1. The molecule has 12 heavy (non-hydrogen) atoms. The highest BCUT2D eigenvalue weighted by molar-refractivity contribution is 5.50. The Labute approximate surface area is 72.4 Å². The molecule has 0 aromatic heterocycles. The van der Waals surface area contributed by atoms with Gasteiger partial charge in [-0.1, -0.05) is 18.1 Å². The predicted octanol–water partition coefficient (Wildman–Crippen LogP) is 1.83. The van der Waals surface area contributed by atoms with E-state index in [0.717, 1.165) is 17.8 Å².